The van der Waals surface area contributed by atoms with Gasteiger partial charge in [-0.1, -0.05) is 41.9 Å². The standard InChI is InChI=1S/C22H18ClN3O4S/c1-14(27)24-16-7-10-18(11-8-16)31-21(15-5-3-2-4-6-15)22(28)25-17-9-12-19(23)20(13-17)26(29)30/h2-13,21H,1H3,(H,24,27)(H,25,28). The quantitative estimate of drug-likeness (QED) is 0.271. The van der Waals surface area contributed by atoms with E-state index in [2.05, 4.69) is 10.6 Å². The highest BCUT2D eigenvalue weighted by Crippen LogP contribution is 2.37. The van der Waals surface area contributed by atoms with Crippen molar-refractivity contribution >= 4 is 52.2 Å². The molecule has 158 valence electrons. The molecule has 2 amide bonds. The zero-order valence-electron chi connectivity index (χ0n) is 16.4. The van der Waals surface area contributed by atoms with Gasteiger partial charge in [0.15, 0.2) is 0 Å². The average Bonchev–Trinajstić information content (AvgIpc) is 2.74. The summed E-state index contributed by atoms with van der Waals surface area (Å²) in [4.78, 5) is 35.6. The average molecular weight is 456 g/mol. The molecule has 3 aromatic rings. The van der Waals surface area contributed by atoms with Crippen molar-refractivity contribution in [2.45, 2.75) is 17.1 Å². The lowest BCUT2D eigenvalue weighted by Gasteiger charge is -2.17. The summed E-state index contributed by atoms with van der Waals surface area (Å²) in [6, 6.07) is 20.5. The van der Waals surface area contributed by atoms with Crippen LogP contribution < -0.4 is 10.6 Å². The smallest absolute Gasteiger partial charge is 0.289 e. The number of amides is 2. The monoisotopic (exact) mass is 455 g/mol. The molecule has 0 aromatic heterocycles. The Balaban J connectivity index is 1.84. The van der Waals surface area contributed by atoms with E-state index in [0.717, 1.165) is 10.5 Å². The Kier molecular flexibility index (Phi) is 7.28. The fraction of sp³-hybridized carbons (Fsp3) is 0.0909. The van der Waals surface area contributed by atoms with Gasteiger partial charge in [0.25, 0.3) is 5.69 Å². The molecule has 1 unspecified atom stereocenters. The van der Waals surface area contributed by atoms with Crippen molar-refractivity contribution in [1.29, 1.82) is 0 Å². The first kappa shape index (κ1) is 22.3. The number of nitro groups is 1. The molecule has 0 heterocycles. The van der Waals surface area contributed by atoms with Crippen molar-refractivity contribution in [1.82, 2.24) is 0 Å². The predicted octanol–water partition coefficient (Wildman–Crippen LogP) is 5.68. The Hall–Kier alpha value is -3.36. The molecule has 0 fully saturated rings. The van der Waals surface area contributed by atoms with E-state index in [1.165, 1.54) is 36.9 Å². The van der Waals surface area contributed by atoms with Crippen LogP contribution >= 0.6 is 23.4 Å². The molecule has 31 heavy (non-hydrogen) atoms. The number of rotatable bonds is 7. The molecule has 3 rings (SSSR count). The van der Waals surface area contributed by atoms with Crippen molar-refractivity contribution in [2.24, 2.45) is 0 Å². The SMILES string of the molecule is CC(=O)Nc1ccc(SC(C(=O)Nc2ccc(Cl)c([N+](=O)[O-])c2)c2ccccc2)cc1. The molecule has 9 heteroatoms. The van der Waals surface area contributed by atoms with E-state index in [4.69, 9.17) is 11.6 Å². The minimum Gasteiger partial charge on any atom is -0.326 e. The number of nitrogens with one attached hydrogen (secondary N) is 2. The van der Waals surface area contributed by atoms with E-state index in [1.807, 2.05) is 42.5 Å². The number of carbonyl (C=O) groups is 2. The molecule has 0 saturated heterocycles. The maximum atomic E-state index is 13.1. The zero-order valence-corrected chi connectivity index (χ0v) is 17.9. The van der Waals surface area contributed by atoms with Crippen LogP contribution in [0.1, 0.15) is 17.7 Å². The minimum absolute atomic E-state index is 0.00348. The second kappa shape index (κ2) is 10.1. The highest BCUT2D eigenvalue weighted by atomic mass is 35.5. The van der Waals surface area contributed by atoms with Crippen LogP contribution in [-0.2, 0) is 9.59 Å². The third-order valence-corrected chi connectivity index (χ3v) is 5.77. The number of hydrogen-bond acceptors (Lipinski definition) is 5. The van der Waals surface area contributed by atoms with Gasteiger partial charge in [-0.2, -0.15) is 0 Å². The van der Waals surface area contributed by atoms with Gasteiger partial charge in [-0.25, -0.2) is 0 Å². The molecular formula is C22H18ClN3O4S. The van der Waals surface area contributed by atoms with E-state index >= 15 is 0 Å². The summed E-state index contributed by atoms with van der Waals surface area (Å²) in [7, 11) is 0. The lowest BCUT2D eigenvalue weighted by Crippen LogP contribution is -2.19. The maximum absolute atomic E-state index is 13.1. The lowest BCUT2D eigenvalue weighted by molar-refractivity contribution is -0.384. The number of thioether (sulfide) groups is 1. The number of carbonyl (C=O) groups excluding carboxylic acids is 2. The van der Waals surface area contributed by atoms with Gasteiger partial charge in [-0.15, -0.1) is 11.8 Å². The molecule has 7 nitrogen and oxygen atoms in total. The van der Waals surface area contributed by atoms with E-state index in [1.54, 1.807) is 12.1 Å². The molecule has 1 atom stereocenters. The first-order valence-corrected chi connectivity index (χ1v) is 10.4. The van der Waals surface area contributed by atoms with Crippen LogP contribution in [0.5, 0.6) is 0 Å². The fourth-order valence-corrected chi connectivity index (χ4v) is 4.01. The molecule has 0 saturated carbocycles. The van der Waals surface area contributed by atoms with Crippen LogP contribution in [0.3, 0.4) is 0 Å². The van der Waals surface area contributed by atoms with Crippen LogP contribution in [0.4, 0.5) is 17.1 Å². The Labute approximate surface area is 188 Å². The molecule has 0 aliphatic carbocycles. The third-order valence-electron chi connectivity index (χ3n) is 4.18. The molecule has 3 aromatic carbocycles. The minimum atomic E-state index is -0.609. The van der Waals surface area contributed by atoms with Crippen LogP contribution in [0.15, 0.2) is 77.7 Å². The zero-order chi connectivity index (χ0) is 22.4. The number of nitrogens with zero attached hydrogens (tertiary/aromatic N) is 1. The van der Waals surface area contributed by atoms with E-state index in [0.29, 0.717) is 5.69 Å². The number of anilines is 2. The van der Waals surface area contributed by atoms with Crippen molar-refractivity contribution in [3.8, 4) is 0 Å². The third kappa shape index (κ3) is 6.07. The van der Waals surface area contributed by atoms with Crippen LogP contribution in [-0.4, -0.2) is 16.7 Å². The summed E-state index contributed by atoms with van der Waals surface area (Å²) in [6.07, 6.45) is 0. The normalized spacial score (nSPS) is 11.4. The first-order chi connectivity index (χ1) is 14.8. The van der Waals surface area contributed by atoms with Gasteiger partial charge in [0.05, 0.1) is 4.92 Å². The lowest BCUT2D eigenvalue weighted by atomic mass is 10.1. The Morgan fingerprint density at radius 3 is 2.23 bits per heavy atom. The summed E-state index contributed by atoms with van der Waals surface area (Å²) in [5.74, 6) is -0.502. The van der Waals surface area contributed by atoms with Gasteiger partial charge in [-0.3, -0.25) is 19.7 Å². The fourth-order valence-electron chi connectivity index (χ4n) is 2.80. The van der Waals surface area contributed by atoms with E-state index in [9.17, 15) is 19.7 Å². The van der Waals surface area contributed by atoms with Crippen LogP contribution in [0.25, 0.3) is 0 Å². The van der Waals surface area contributed by atoms with Crippen molar-refractivity contribution in [2.75, 3.05) is 10.6 Å². The van der Waals surface area contributed by atoms with Gasteiger partial charge in [0.2, 0.25) is 11.8 Å². The summed E-state index contributed by atoms with van der Waals surface area (Å²) in [6.45, 7) is 1.43. The molecule has 0 spiro atoms. The molecular weight excluding hydrogens is 438 g/mol. The highest BCUT2D eigenvalue weighted by molar-refractivity contribution is 8.00. The number of benzene rings is 3. The second-order valence-electron chi connectivity index (χ2n) is 6.53. The van der Waals surface area contributed by atoms with E-state index < -0.39 is 10.2 Å². The van der Waals surface area contributed by atoms with Crippen LogP contribution in [0, 0.1) is 10.1 Å². The number of nitro benzene ring substituents is 1. The topological polar surface area (TPSA) is 101 Å². The van der Waals surface area contributed by atoms with Crippen molar-refractivity contribution in [3.63, 3.8) is 0 Å². The van der Waals surface area contributed by atoms with Gasteiger partial charge in [0, 0.05) is 29.3 Å². The van der Waals surface area contributed by atoms with Gasteiger partial charge in [0.1, 0.15) is 10.3 Å². The molecule has 0 aliphatic rings. The highest BCUT2D eigenvalue weighted by Gasteiger charge is 2.23. The largest absolute Gasteiger partial charge is 0.326 e. The Bertz CT molecular complexity index is 1110. The summed E-state index contributed by atoms with van der Waals surface area (Å²) < 4.78 is 0. The summed E-state index contributed by atoms with van der Waals surface area (Å²) in [5.41, 5.74) is 1.44. The predicted molar refractivity (Wildman–Crippen MR) is 123 cm³/mol. The molecule has 2 N–H and O–H groups in total. The van der Waals surface area contributed by atoms with E-state index in [-0.39, 0.29) is 28.2 Å². The Morgan fingerprint density at radius 1 is 0.968 bits per heavy atom. The molecule has 0 radical (unpaired) electrons. The number of halogens is 1. The van der Waals surface area contributed by atoms with Gasteiger partial charge >= 0.3 is 0 Å². The van der Waals surface area contributed by atoms with Crippen molar-refractivity contribution < 1.29 is 14.5 Å². The van der Waals surface area contributed by atoms with Crippen molar-refractivity contribution in [3.05, 3.63) is 93.5 Å². The first-order valence-electron chi connectivity index (χ1n) is 9.17. The van der Waals surface area contributed by atoms with Gasteiger partial charge < -0.3 is 10.6 Å². The van der Waals surface area contributed by atoms with Gasteiger partial charge in [-0.05, 0) is 42.0 Å². The number of hydrogen-bond donors (Lipinski definition) is 2. The van der Waals surface area contributed by atoms with Crippen LogP contribution in [0.2, 0.25) is 5.02 Å². The Morgan fingerprint density at radius 2 is 1.61 bits per heavy atom. The molecule has 0 aliphatic heterocycles. The maximum Gasteiger partial charge on any atom is 0.289 e. The summed E-state index contributed by atoms with van der Waals surface area (Å²) in [5, 5.41) is 16.0. The molecule has 0 bridgehead atoms. The second-order valence-corrected chi connectivity index (χ2v) is 8.11. The summed E-state index contributed by atoms with van der Waals surface area (Å²) >= 11 is 7.18.